The zero-order valence-electron chi connectivity index (χ0n) is 8.27. The lowest BCUT2D eigenvalue weighted by Gasteiger charge is -1.97. The lowest BCUT2D eigenvalue weighted by atomic mass is 10.4. The number of carbonyl (C=O) groups excluding carboxylic acids is 1. The van der Waals surface area contributed by atoms with Gasteiger partial charge in [-0.2, -0.15) is 0 Å². The highest BCUT2D eigenvalue weighted by molar-refractivity contribution is 5.87. The fourth-order valence-electron chi connectivity index (χ4n) is 1.32. The van der Waals surface area contributed by atoms with Gasteiger partial charge in [0.05, 0.1) is 7.11 Å². The number of aromatic nitrogens is 3. The molecule has 0 aromatic carbocycles. The van der Waals surface area contributed by atoms with Crippen LogP contribution in [0.4, 0.5) is 0 Å². The van der Waals surface area contributed by atoms with E-state index in [1.807, 2.05) is 0 Å². The van der Waals surface area contributed by atoms with Gasteiger partial charge in [0.2, 0.25) is 0 Å². The summed E-state index contributed by atoms with van der Waals surface area (Å²) in [6.07, 6.45) is 0. The minimum Gasteiger partial charge on any atom is -0.464 e. The maximum absolute atomic E-state index is 11.5. The fourth-order valence-corrected chi connectivity index (χ4v) is 1.32. The first-order valence-electron chi connectivity index (χ1n) is 4.29. The van der Waals surface area contributed by atoms with Crippen LogP contribution in [-0.2, 0) is 4.74 Å². The topological polar surface area (TPSA) is 76.5 Å². The molecule has 0 amide bonds. The highest BCUT2D eigenvalue weighted by Crippen LogP contribution is 2.01. The minimum absolute atomic E-state index is 0.0153. The third kappa shape index (κ3) is 1.50. The molecule has 2 aromatic heterocycles. The van der Waals surface area contributed by atoms with Crippen LogP contribution in [0.15, 0.2) is 16.9 Å². The lowest BCUT2D eigenvalue weighted by Crippen LogP contribution is -2.18. The first-order valence-corrected chi connectivity index (χ1v) is 4.29. The molecule has 2 rings (SSSR count). The van der Waals surface area contributed by atoms with Crippen LogP contribution >= 0.6 is 0 Å². The molecule has 0 atom stereocenters. The van der Waals surface area contributed by atoms with Crippen LogP contribution in [-0.4, -0.2) is 27.7 Å². The molecular weight excluding hydrogens is 198 g/mol. The number of nitrogens with zero attached hydrogens (tertiary/aromatic N) is 2. The maximum atomic E-state index is 11.5. The van der Waals surface area contributed by atoms with Crippen LogP contribution in [0.1, 0.15) is 16.2 Å². The molecule has 0 unspecified atom stereocenters. The van der Waals surface area contributed by atoms with Gasteiger partial charge in [-0.15, -0.1) is 0 Å². The summed E-state index contributed by atoms with van der Waals surface area (Å²) >= 11 is 0. The van der Waals surface area contributed by atoms with Gasteiger partial charge < -0.3 is 4.74 Å². The molecule has 0 bridgehead atoms. The molecular formula is C9H9N3O3. The Morgan fingerprint density at radius 1 is 1.53 bits per heavy atom. The van der Waals surface area contributed by atoms with E-state index in [9.17, 15) is 9.59 Å². The molecule has 0 aliphatic heterocycles. The summed E-state index contributed by atoms with van der Waals surface area (Å²) < 4.78 is 5.75. The number of aromatic amines is 1. The molecule has 2 heterocycles. The number of H-pyrrole nitrogens is 1. The van der Waals surface area contributed by atoms with Crippen molar-refractivity contribution in [3.63, 3.8) is 0 Å². The number of fused-ring (bicyclic) bond motifs is 1. The van der Waals surface area contributed by atoms with Crippen LogP contribution in [0.25, 0.3) is 5.65 Å². The third-order valence-corrected chi connectivity index (χ3v) is 1.97. The van der Waals surface area contributed by atoms with Crippen LogP contribution in [0.3, 0.4) is 0 Å². The summed E-state index contributed by atoms with van der Waals surface area (Å²) in [5.74, 6) is -0.617. The van der Waals surface area contributed by atoms with E-state index >= 15 is 0 Å². The number of hydrogen-bond donors (Lipinski definition) is 1. The number of nitrogens with one attached hydrogen (secondary N) is 1. The van der Waals surface area contributed by atoms with Crippen molar-refractivity contribution in [1.82, 2.24) is 14.6 Å². The van der Waals surface area contributed by atoms with Gasteiger partial charge in [-0.25, -0.2) is 14.3 Å². The molecule has 0 aliphatic rings. The van der Waals surface area contributed by atoms with E-state index in [0.29, 0.717) is 5.65 Å². The van der Waals surface area contributed by atoms with Crippen molar-refractivity contribution in [2.24, 2.45) is 0 Å². The third-order valence-electron chi connectivity index (χ3n) is 1.97. The van der Waals surface area contributed by atoms with Gasteiger partial charge in [-0.3, -0.25) is 9.89 Å². The SMILES string of the molecule is COC(=O)c1cc(=O)n2[nH]c(C)cc2n1. The highest BCUT2D eigenvalue weighted by atomic mass is 16.5. The number of carbonyl (C=O) groups is 1. The molecule has 0 spiro atoms. The zero-order valence-corrected chi connectivity index (χ0v) is 8.27. The van der Waals surface area contributed by atoms with Crippen molar-refractivity contribution in [1.29, 1.82) is 0 Å². The van der Waals surface area contributed by atoms with E-state index in [0.717, 1.165) is 11.8 Å². The monoisotopic (exact) mass is 207 g/mol. The molecule has 6 heteroatoms. The Morgan fingerprint density at radius 3 is 2.93 bits per heavy atom. The Labute approximate surface area is 84.5 Å². The van der Waals surface area contributed by atoms with Crippen molar-refractivity contribution < 1.29 is 9.53 Å². The van der Waals surface area contributed by atoms with Crippen molar-refractivity contribution in [2.45, 2.75) is 6.92 Å². The summed E-state index contributed by atoms with van der Waals surface area (Å²) in [5.41, 5.74) is 0.872. The van der Waals surface area contributed by atoms with E-state index in [4.69, 9.17) is 0 Å². The molecule has 78 valence electrons. The van der Waals surface area contributed by atoms with Crippen LogP contribution in [0.2, 0.25) is 0 Å². The van der Waals surface area contributed by atoms with Crippen LogP contribution < -0.4 is 5.56 Å². The van der Waals surface area contributed by atoms with Crippen molar-refractivity contribution in [2.75, 3.05) is 7.11 Å². The minimum atomic E-state index is -0.617. The standard InChI is InChI=1S/C9H9N3O3/c1-5-3-7-10-6(9(14)15-2)4-8(13)12(7)11-5/h3-4,11H,1-2H3. The predicted octanol–water partition coefficient (Wildman–Crippen LogP) is 0.118. The fraction of sp³-hybridized carbons (Fsp3) is 0.222. The summed E-state index contributed by atoms with van der Waals surface area (Å²) in [6, 6.07) is 2.81. The smallest absolute Gasteiger partial charge is 0.356 e. The van der Waals surface area contributed by atoms with Crippen LogP contribution in [0.5, 0.6) is 0 Å². The van der Waals surface area contributed by atoms with E-state index in [-0.39, 0.29) is 11.3 Å². The van der Waals surface area contributed by atoms with E-state index in [1.165, 1.54) is 11.6 Å². The van der Waals surface area contributed by atoms with E-state index in [2.05, 4.69) is 14.8 Å². The maximum Gasteiger partial charge on any atom is 0.356 e. The van der Waals surface area contributed by atoms with Gasteiger partial charge in [0.15, 0.2) is 11.3 Å². The summed E-state index contributed by atoms with van der Waals surface area (Å²) in [7, 11) is 1.24. The highest BCUT2D eigenvalue weighted by Gasteiger charge is 2.11. The first kappa shape index (κ1) is 9.45. The normalized spacial score (nSPS) is 10.5. The molecule has 0 saturated heterocycles. The summed E-state index contributed by atoms with van der Waals surface area (Å²) in [5, 5.41) is 2.80. The van der Waals surface area contributed by atoms with E-state index < -0.39 is 5.97 Å². The van der Waals surface area contributed by atoms with Crippen molar-refractivity contribution in [3.8, 4) is 0 Å². The lowest BCUT2D eigenvalue weighted by molar-refractivity contribution is 0.0594. The quantitative estimate of drug-likeness (QED) is 0.674. The molecule has 6 nitrogen and oxygen atoms in total. The van der Waals surface area contributed by atoms with Gasteiger partial charge in [0.1, 0.15) is 0 Å². The number of hydrogen-bond acceptors (Lipinski definition) is 4. The summed E-state index contributed by atoms with van der Waals surface area (Å²) in [6.45, 7) is 1.80. The van der Waals surface area contributed by atoms with Gasteiger partial charge in [-0.05, 0) is 6.92 Å². The van der Waals surface area contributed by atoms with Gasteiger partial charge in [0, 0.05) is 17.8 Å². The Hall–Kier alpha value is -2.11. The number of methoxy groups -OCH3 is 1. The average Bonchev–Trinajstić information content (AvgIpc) is 2.58. The average molecular weight is 207 g/mol. The Kier molecular flexibility index (Phi) is 2.03. The van der Waals surface area contributed by atoms with Crippen molar-refractivity contribution in [3.05, 3.63) is 33.9 Å². The van der Waals surface area contributed by atoms with Gasteiger partial charge >= 0.3 is 5.97 Å². The number of ether oxygens (including phenoxy) is 1. The van der Waals surface area contributed by atoms with Crippen molar-refractivity contribution >= 4 is 11.6 Å². The largest absolute Gasteiger partial charge is 0.464 e. The molecule has 1 N–H and O–H groups in total. The molecule has 0 saturated carbocycles. The Morgan fingerprint density at radius 2 is 2.27 bits per heavy atom. The summed E-state index contributed by atoms with van der Waals surface area (Å²) in [4.78, 5) is 26.7. The second-order valence-electron chi connectivity index (χ2n) is 3.10. The Bertz CT molecular complexity index is 582. The second-order valence-corrected chi connectivity index (χ2v) is 3.10. The molecule has 2 aromatic rings. The zero-order chi connectivity index (χ0) is 11.0. The first-order chi connectivity index (χ1) is 7.11. The second kappa shape index (κ2) is 3.23. The number of rotatable bonds is 1. The number of aryl methyl sites for hydroxylation is 1. The predicted molar refractivity (Wildman–Crippen MR) is 51.9 cm³/mol. The molecule has 0 aliphatic carbocycles. The molecule has 0 radical (unpaired) electrons. The van der Waals surface area contributed by atoms with E-state index in [1.54, 1.807) is 13.0 Å². The van der Waals surface area contributed by atoms with Crippen LogP contribution in [0, 0.1) is 6.92 Å². The molecule has 15 heavy (non-hydrogen) atoms. The molecule has 0 fully saturated rings. The Balaban J connectivity index is 2.72. The van der Waals surface area contributed by atoms with Gasteiger partial charge in [0.25, 0.3) is 5.56 Å². The number of esters is 1. The van der Waals surface area contributed by atoms with Gasteiger partial charge in [-0.1, -0.05) is 0 Å².